The molecule has 2 aromatic carbocycles. The summed E-state index contributed by atoms with van der Waals surface area (Å²) in [6.07, 6.45) is 3.57. The Balaban J connectivity index is 2.55. The van der Waals surface area contributed by atoms with E-state index in [1.54, 1.807) is 0 Å². The number of hydrogen-bond acceptors (Lipinski definition) is 1. The number of aliphatic hydroxyl groups is 1. The van der Waals surface area contributed by atoms with Crippen LogP contribution in [0.2, 0.25) is 5.04 Å². The molecule has 0 saturated heterocycles. The number of benzene rings is 2. The number of rotatable bonds is 6. The van der Waals surface area contributed by atoms with Gasteiger partial charge in [-0.25, -0.2) is 0 Å². The summed E-state index contributed by atoms with van der Waals surface area (Å²) in [7, 11) is -2.38. The molecule has 0 bridgehead atoms. The SMILES string of the molecule is CCCCCC(O)C#C[Si](c1ccccc1)(c1ccccc1)C(C)(C)C. The van der Waals surface area contributed by atoms with Crippen LogP contribution in [0.15, 0.2) is 60.7 Å². The van der Waals surface area contributed by atoms with Crippen molar-refractivity contribution in [2.45, 2.75) is 64.5 Å². The summed E-state index contributed by atoms with van der Waals surface area (Å²) in [5.74, 6) is 3.25. The van der Waals surface area contributed by atoms with Crippen LogP contribution in [0, 0.1) is 11.5 Å². The molecule has 1 unspecified atom stereocenters. The third-order valence-electron chi connectivity index (χ3n) is 5.05. The van der Waals surface area contributed by atoms with Crippen LogP contribution >= 0.6 is 0 Å². The van der Waals surface area contributed by atoms with E-state index in [-0.39, 0.29) is 5.04 Å². The molecule has 2 rings (SSSR count). The fourth-order valence-corrected chi connectivity index (χ4v) is 8.09. The molecule has 138 valence electrons. The molecular weight excluding hydrogens is 332 g/mol. The summed E-state index contributed by atoms with van der Waals surface area (Å²) in [4.78, 5) is 0. The minimum Gasteiger partial charge on any atom is -0.380 e. The van der Waals surface area contributed by atoms with E-state index in [0.717, 1.165) is 25.7 Å². The Morgan fingerprint density at radius 1 is 0.885 bits per heavy atom. The summed E-state index contributed by atoms with van der Waals surface area (Å²) >= 11 is 0. The highest BCUT2D eigenvalue weighted by molar-refractivity contribution is 7.10. The normalized spacial score (nSPS) is 13.0. The lowest BCUT2D eigenvalue weighted by atomic mass is 10.1. The molecule has 0 aliphatic heterocycles. The van der Waals surface area contributed by atoms with E-state index in [0.29, 0.717) is 0 Å². The molecule has 0 spiro atoms. The molecule has 26 heavy (non-hydrogen) atoms. The van der Waals surface area contributed by atoms with E-state index in [2.05, 4.69) is 99.8 Å². The first kappa shape index (κ1) is 20.5. The first-order valence-electron chi connectivity index (χ1n) is 9.73. The minimum atomic E-state index is -2.38. The third kappa shape index (κ3) is 4.66. The Kier molecular flexibility index (Phi) is 7.26. The van der Waals surface area contributed by atoms with Gasteiger partial charge in [0, 0.05) is 0 Å². The van der Waals surface area contributed by atoms with Crippen molar-refractivity contribution in [1.29, 1.82) is 0 Å². The van der Waals surface area contributed by atoms with Gasteiger partial charge in [-0.2, -0.15) is 0 Å². The number of hydrogen-bond donors (Lipinski definition) is 1. The van der Waals surface area contributed by atoms with Gasteiger partial charge in [0.05, 0.1) is 0 Å². The lowest BCUT2D eigenvalue weighted by molar-refractivity contribution is 0.217. The molecule has 1 atom stereocenters. The highest BCUT2D eigenvalue weighted by Crippen LogP contribution is 2.35. The van der Waals surface area contributed by atoms with Crippen molar-refractivity contribution >= 4 is 18.4 Å². The fraction of sp³-hybridized carbons (Fsp3) is 0.417. The zero-order chi connectivity index (χ0) is 19.0. The molecule has 0 fully saturated rings. The van der Waals surface area contributed by atoms with E-state index in [1.807, 2.05) is 0 Å². The van der Waals surface area contributed by atoms with E-state index < -0.39 is 14.2 Å². The monoisotopic (exact) mass is 364 g/mol. The van der Waals surface area contributed by atoms with Gasteiger partial charge in [-0.1, -0.05) is 107 Å². The average molecular weight is 365 g/mol. The Hall–Kier alpha value is -1.82. The number of aliphatic hydroxyl groups excluding tert-OH is 1. The summed E-state index contributed by atoms with van der Waals surface area (Å²) < 4.78 is 0. The van der Waals surface area contributed by atoms with E-state index >= 15 is 0 Å². The van der Waals surface area contributed by atoms with Crippen molar-refractivity contribution in [1.82, 2.24) is 0 Å². The predicted molar refractivity (Wildman–Crippen MR) is 116 cm³/mol. The van der Waals surface area contributed by atoms with Crippen molar-refractivity contribution in [3.8, 4) is 11.5 Å². The van der Waals surface area contributed by atoms with Gasteiger partial charge < -0.3 is 5.11 Å². The maximum Gasteiger partial charge on any atom is 0.204 e. The van der Waals surface area contributed by atoms with Crippen LogP contribution < -0.4 is 10.4 Å². The zero-order valence-electron chi connectivity index (χ0n) is 16.6. The highest BCUT2D eigenvalue weighted by atomic mass is 28.3. The topological polar surface area (TPSA) is 20.2 Å². The molecule has 0 amide bonds. The second kappa shape index (κ2) is 9.21. The largest absolute Gasteiger partial charge is 0.380 e. The lowest BCUT2D eigenvalue weighted by Crippen LogP contribution is -2.63. The Morgan fingerprint density at radius 3 is 1.81 bits per heavy atom. The second-order valence-corrected chi connectivity index (χ2v) is 12.4. The standard InChI is InChI=1S/C24H32OSi/c1-5-6-9-14-21(25)19-20-26(24(2,3)4,22-15-10-7-11-16-22)23-17-12-8-13-18-23/h7-8,10-13,15-18,21,25H,5-6,9,14H2,1-4H3. The van der Waals surface area contributed by atoms with Crippen LogP contribution in [0.25, 0.3) is 0 Å². The molecule has 0 heterocycles. The maximum atomic E-state index is 10.4. The van der Waals surface area contributed by atoms with Crippen molar-refractivity contribution < 1.29 is 5.11 Å². The molecule has 0 aliphatic rings. The Labute approximate surface area is 160 Å². The summed E-state index contributed by atoms with van der Waals surface area (Å²) in [6, 6.07) is 21.4. The predicted octanol–water partition coefficient (Wildman–Crippen LogP) is 4.53. The first-order chi connectivity index (χ1) is 12.4. The van der Waals surface area contributed by atoms with Gasteiger partial charge in [-0.3, -0.25) is 0 Å². The quantitative estimate of drug-likeness (QED) is 0.453. The number of unbranched alkanes of at least 4 members (excludes halogenated alkanes) is 2. The van der Waals surface area contributed by atoms with Crippen molar-refractivity contribution in [3.63, 3.8) is 0 Å². The van der Waals surface area contributed by atoms with Gasteiger partial charge in [-0.05, 0) is 28.3 Å². The molecule has 0 aromatic heterocycles. The van der Waals surface area contributed by atoms with Crippen molar-refractivity contribution in [2.75, 3.05) is 0 Å². The summed E-state index contributed by atoms with van der Waals surface area (Å²) in [6.45, 7) is 9.05. The fourth-order valence-electron chi connectivity index (χ4n) is 3.59. The van der Waals surface area contributed by atoms with Gasteiger partial charge in [0.25, 0.3) is 0 Å². The average Bonchev–Trinajstić information content (AvgIpc) is 2.63. The van der Waals surface area contributed by atoms with Crippen molar-refractivity contribution in [3.05, 3.63) is 60.7 Å². The maximum absolute atomic E-state index is 10.4. The van der Waals surface area contributed by atoms with Gasteiger partial charge in [-0.15, -0.1) is 5.54 Å². The summed E-state index contributed by atoms with van der Waals surface area (Å²) in [5, 5.41) is 13.1. The molecule has 0 saturated carbocycles. The second-order valence-electron chi connectivity index (χ2n) is 8.01. The van der Waals surface area contributed by atoms with Crippen LogP contribution in [0.1, 0.15) is 53.4 Å². The first-order valence-corrected chi connectivity index (χ1v) is 11.7. The lowest BCUT2D eigenvalue weighted by Gasteiger charge is -2.39. The van der Waals surface area contributed by atoms with Crippen LogP contribution in [-0.2, 0) is 0 Å². The third-order valence-corrected chi connectivity index (χ3v) is 10.2. The summed E-state index contributed by atoms with van der Waals surface area (Å²) in [5.41, 5.74) is 3.67. The zero-order valence-corrected chi connectivity index (χ0v) is 17.6. The Morgan fingerprint density at radius 2 is 1.38 bits per heavy atom. The molecule has 1 N–H and O–H groups in total. The molecule has 0 aliphatic carbocycles. The van der Waals surface area contributed by atoms with Crippen LogP contribution in [0.5, 0.6) is 0 Å². The van der Waals surface area contributed by atoms with E-state index in [4.69, 9.17) is 0 Å². The van der Waals surface area contributed by atoms with Crippen molar-refractivity contribution in [2.24, 2.45) is 0 Å². The van der Waals surface area contributed by atoms with Crippen LogP contribution in [0.4, 0.5) is 0 Å². The molecular formula is C24H32OSi. The highest BCUT2D eigenvalue weighted by Gasteiger charge is 2.47. The van der Waals surface area contributed by atoms with E-state index in [1.165, 1.54) is 10.4 Å². The molecule has 0 radical (unpaired) electrons. The molecule has 2 heteroatoms. The Bertz CT molecular complexity index is 680. The van der Waals surface area contributed by atoms with Gasteiger partial charge in [0.2, 0.25) is 8.07 Å². The molecule has 2 aromatic rings. The van der Waals surface area contributed by atoms with Gasteiger partial charge >= 0.3 is 0 Å². The molecule has 1 nitrogen and oxygen atoms in total. The van der Waals surface area contributed by atoms with Crippen LogP contribution in [-0.4, -0.2) is 19.3 Å². The smallest absolute Gasteiger partial charge is 0.204 e. The van der Waals surface area contributed by atoms with Crippen LogP contribution in [0.3, 0.4) is 0 Å². The van der Waals surface area contributed by atoms with Gasteiger partial charge in [0.15, 0.2) is 0 Å². The van der Waals surface area contributed by atoms with Gasteiger partial charge in [0.1, 0.15) is 6.10 Å². The minimum absolute atomic E-state index is 0.00580. The van der Waals surface area contributed by atoms with E-state index in [9.17, 15) is 5.11 Å².